The van der Waals surface area contributed by atoms with Gasteiger partial charge in [-0.2, -0.15) is 0 Å². The van der Waals surface area contributed by atoms with Crippen LogP contribution in [0.2, 0.25) is 0 Å². The van der Waals surface area contributed by atoms with Crippen LogP contribution in [0.15, 0.2) is 45.6 Å². The molecule has 0 unspecified atom stereocenters. The average Bonchev–Trinajstić information content (AvgIpc) is 2.61. The van der Waals surface area contributed by atoms with E-state index in [0.717, 1.165) is 5.56 Å². The van der Waals surface area contributed by atoms with E-state index in [1.807, 2.05) is 32.0 Å². The molecule has 5 heteroatoms. The van der Waals surface area contributed by atoms with Crippen molar-refractivity contribution in [2.45, 2.75) is 26.9 Å². The number of ether oxygens (including phenoxy) is 3. The van der Waals surface area contributed by atoms with Crippen LogP contribution in [0, 0.1) is 6.92 Å². The Morgan fingerprint density at radius 2 is 1.77 bits per heavy atom. The molecular formula is C21H20O5. The van der Waals surface area contributed by atoms with Crippen molar-refractivity contribution in [2.24, 2.45) is 0 Å². The van der Waals surface area contributed by atoms with E-state index >= 15 is 0 Å². The Morgan fingerprint density at radius 1 is 1.00 bits per heavy atom. The maximum absolute atomic E-state index is 13.1. The van der Waals surface area contributed by atoms with E-state index in [1.54, 1.807) is 25.1 Å². The van der Waals surface area contributed by atoms with Gasteiger partial charge < -0.3 is 18.6 Å². The van der Waals surface area contributed by atoms with Gasteiger partial charge in [0.15, 0.2) is 11.5 Å². The molecule has 3 aromatic rings. The molecule has 1 aliphatic heterocycles. The highest BCUT2D eigenvalue weighted by molar-refractivity contribution is 5.84. The molecule has 0 atom stereocenters. The molecule has 1 aliphatic rings. The molecule has 0 saturated carbocycles. The van der Waals surface area contributed by atoms with E-state index in [2.05, 4.69) is 0 Å². The lowest BCUT2D eigenvalue weighted by Gasteiger charge is -2.19. The lowest BCUT2D eigenvalue weighted by atomic mass is 10.0. The molecule has 0 saturated heterocycles. The molecular weight excluding hydrogens is 332 g/mol. The van der Waals surface area contributed by atoms with Crippen LogP contribution >= 0.6 is 0 Å². The highest BCUT2D eigenvalue weighted by Gasteiger charge is 2.18. The summed E-state index contributed by atoms with van der Waals surface area (Å²) in [5.41, 5.74) is 1.74. The predicted molar refractivity (Wildman–Crippen MR) is 99.4 cm³/mol. The predicted octanol–water partition coefficient (Wildman–Crippen LogP) is 4.33. The summed E-state index contributed by atoms with van der Waals surface area (Å²) in [7, 11) is 0. The van der Waals surface area contributed by atoms with Crippen LogP contribution in [0.25, 0.3) is 22.1 Å². The van der Waals surface area contributed by atoms with Crippen LogP contribution in [0.4, 0.5) is 0 Å². The summed E-state index contributed by atoms with van der Waals surface area (Å²) in [5.74, 6) is 2.58. The van der Waals surface area contributed by atoms with Gasteiger partial charge in [-0.05, 0) is 50.6 Å². The van der Waals surface area contributed by atoms with Crippen molar-refractivity contribution in [2.75, 3.05) is 13.2 Å². The van der Waals surface area contributed by atoms with Crippen LogP contribution in [-0.4, -0.2) is 19.3 Å². The highest BCUT2D eigenvalue weighted by atomic mass is 16.6. The number of aryl methyl sites for hydroxylation is 1. The maximum Gasteiger partial charge on any atom is 0.200 e. The monoisotopic (exact) mass is 352 g/mol. The molecule has 2 heterocycles. The quantitative estimate of drug-likeness (QED) is 0.702. The van der Waals surface area contributed by atoms with Crippen molar-refractivity contribution in [3.8, 4) is 28.4 Å². The Labute approximate surface area is 151 Å². The van der Waals surface area contributed by atoms with E-state index in [9.17, 15) is 4.79 Å². The van der Waals surface area contributed by atoms with E-state index in [4.69, 9.17) is 18.6 Å². The zero-order valence-corrected chi connectivity index (χ0v) is 15.0. The highest BCUT2D eigenvalue weighted by Crippen LogP contribution is 2.35. The Morgan fingerprint density at radius 3 is 2.54 bits per heavy atom. The molecule has 5 nitrogen and oxygen atoms in total. The molecule has 26 heavy (non-hydrogen) atoms. The minimum atomic E-state index is -0.0727. The van der Waals surface area contributed by atoms with Crippen LogP contribution in [0.3, 0.4) is 0 Å². The number of hydrogen-bond donors (Lipinski definition) is 0. The summed E-state index contributed by atoms with van der Waals surface area (Å²) < 4.78 is 22.8. The molecule has 1 aromatic heterocycles. The first-order valence-corrected chi connectivity index (χ1v) is 8.67. The van der Waals surface area contributed by atoms with Crippen LogP contribution in [-0.2, 0) is 0 Å². The maximum atomic E-state index is 13.1. The van der Waals surface area contributed by atoms with E-state index in [1.165, 1.54) is 0 Å². The van der Waals surface area contributed by atoms with Gasteiger partial charge in [0, 0.05) is 6.07 Å². The largest absolute Gasteiger partial charge is 0.491 e. The van der Waals surface area contributed by atoms with E-state index < -0.39 is 0 Å². The van der Waals surface area contributed by atoms with Crippen LogP contribution in [0.5, 0.6) is 17.2 Å². The number of hydrogen-bond acceptors (Lipinski definition) is 5. The molecule has 4 rings (SSSR count). The summed E-state index contributed by atoms with van der Waals surface area (Å²) in [6.07, 6.45) is 0.0530. The number of fused-ring (bicyclic) bond motifs is 2. The summed E-state index contributed by atoms with van der Waals surface area (Å²) in [4.78, 5) is 13.1. The third-order valence-electron chi connectivity index (χ3n) is 4.24. The topological polar surface area (TPSA) is 57.9 Å². The molecule has 2 aromatic carbocycles. The second-order valence-electron chi connectivity index (χ2n) is 6.55. The van der Waals surface area contributed by atoms with Crippen molar-refractivity contribution in [3.05, 3.63) is 52.4 Å². The molecule has 0 radical (unpaired) electrons. The van der Waals surface area contributed by atoms with Gasteiger partial charge >= 0.3 is 0 Å². The van der Waals surface area contributed by atoms with Crippen LogP contribution in [0.1, 0.15) is 19.6 Å². The minimum absolute atomic E-state index is 0.0530. The van der Waals surface area contributed by atoms with Crippen molar-refractivity contribution in [1.29, 1.82) is 0 Å². The number of rotatable bonds is 3. The average molecular weight is 352 g/mol. The third-order valence-corrected chi connectivity index (χ3v) is 4.24. The van der Waals surface area contributed by atoms with Gasteiger partial charge in [-0.25, -0.2) is 0 Å². The second kappa shape index (κ2) is 6.41. The lowest BCUT2D eigenvalue weighted by molar-refractivity contribution is 0.171. The van der Waals surface area contributed by atoms with Gasteiger partial charge in [0.25, 0.3) is 0 Å². The van der Waals surface area contributed by atoms with Gasteiger partial charge in [-0.15, -0.1) is 0 Å². The second-order valence-corrected chi connectivity index (χ2v) is 6.55. The van der Waals surface area contributed by atoms with E-state index in [0.29, 0.717) is 52.8 Å². The standard InChI is InChI=1S/C21H20O5/c1-12(2)25-15-5-6-16-18(11-15)26-13(3)20(21(16)22)14-4-7-17-19(10-14)24-9-8-23-17/h4-7,10-12H,8-9H2,1-3H3. The summed E-state index contributed by atoms with van der Waals surface area (Å²) in [6.45, 7) is 6.74. The molecule has 0 fully saturated rings. The van der Waals surface area contributed by atoms with Crippen LogP contribution < -0.4 is 19.6 Å². The molecule has 0 spiro atoms. The van der Waals surface area contributed by atoms with Crippen molar-refractivity contribution < 1.29 is 18.6 Å². The minimum Gasteiger partial charge on any atom is -0.491 e. The molecule has 0 amide bonds. The molecule has 0 aliphatic carbocycles. The van der Waals surface area contributed by atoms with Gasteiger partial charge in [0.1, 0.15) is 30.3 Å². The lowest BCUT2D eigenvalue weighted by Crippen LogP contribution is -2.15. The molecule has 0 N–H and O–H groups in total. The SMILES string of the molecule is Cc1oc2cc(OC(C)C)ccc2c(=O)c1-c1ccc2c(c1)OCCO2. The fourth-order valence-electron chi connectivity index (χ4n) is 3.16. The normalized spacial score (nSPS) is 13.2. The Kier molecular flexibility index (Phi) is 4.07. The fourth-order valence-corrected chi connectivity index (χ4v) is 3.16. The van der Waals surface area contributed by atoms with Gasteiger partial charge in [0.05, 0.1) is 17.1 Å². The molecule has 134 valence electrons. The zero-order chi connectivity index (χ0) is 18.3. The van der Waals surface area contributed by atoms with Crippen molar-refractivity contribution in [3.63, 3.8) is 0 Å². The fraction of sp³-hybridized carbons (Fsp3) is 0.286. The molecule has 0 bridgehead atoms. The van der Waals surface area contributed by atoms with Gasteiger partial charge in [-0.3, -0.25) is 4.79 Å². The first kappa shape index (κ1) is 16.5. The first-order valence-electron chi connectivity index (χ1n) is 8.67. The van der Waals surface area contributed by atoms with Gasteiger partial charge in [0.2, 0.25) is 5.43 Å². The Balaban J connectivity index is 1.84. The Hall–Kier alpha value is -2.95. The van der Waals surface area contributed by atoms with Crippen molar-refractivity contribution in [1.82, 2.24) is 0 Å². The Bertz CT molecular complexity index is 1030. The van der Waals surface area contributed by atoms with E-state index in [-0.39, 0.29) is 11.5 Å². The third kappa shape index (κ3) is 2.90. The zero-order valence-electron chi connectivity index (χ0n) is 15.0. The summed E-state index contributed by atoms with van der Waals surface area (Å²) in [6, 6.07) is 10.8. The summed E-state index contributed by atoms with van der Waals surface area (Å²) >= 11 is 0. The van der Waals surface area contributed by atoms with Gasteiger partial charge in [-0.1, -0.05) is 6.07 Å². The van der Waals surface area contributed by atoms with Crippen molar-refractivity contribution >= 4 is 11.0 Å². The first-order chi connectivity index (χ1) is 12.5. The number of benzene rings is 2. The summed E-state index contributed by atoms with van der Waals surface area (Å²) in [5, 5.41) is 0.525. The smallest absolute Gasteiger partial charge is 0.200 e.